The number of pyridine rings is 1. The Balaban J connectivity index is 2.16. The lowest BCUT2D eigenvalue weighted by Crippen LogP contribution is -1.95. The quantitative estimate of drug-likeness (QED) is 0.782. The average molecular weight is 264 g/mol. The molecule has 2 nitrogen and oxygen atoms in total. The third kappa shape index (κ3) is 3.32. The van der Waals surface area contributed by atoms with Gasteiger partial charge in [0.15, 0.2) is 5.78 Å². The van der Waals surface area contributed by atoms with Gasteiger partial charge in [0, 0.05) is 27.9 Å². The summed E-state index contributed by atoms with van der Waals surface area (Å²) < 4.78 is 0. The van der Waals surface area contributed by atoms with Crippen LogP contribution in [0.2, 0.25) is 5.02 Å². The van der Waals surface area contributed by atoms with Gasteiger partial charge in [-0.15, -0.1) is 0 Å². The van der Waals surface area contributed by atoms with Gasteiger partial charge in [0.2, 0.25) is 0 Å². The van der Waals surface area contributed by atoms with E-state index in [1.54, 1.807) is 24.0 Å². The second-order valence-corrected chi connectivity index (χ2v) is 5.08. The molecular weight excluding hydrogens is 254 g/mol. The van der Waals surface area contributed by atoms with Crippen LogP contribution in [0.3, 0.4) is 0 Å². The van der Waals surface area contributed by atoms with Crippen LogP contribution in [0.4, 0.5) is 0 Å². The van der Waals surface area contributed by atoms with Crippen molar-refractivity contribution in [3.05, 3.63) is 53.3 Å². The van der Waals surface area contributed by atoms with Crippen molar-refractivity contribution < 1.29 is 4.79 Å². The minimum absolute atomic E-state index is 0.0238. The van der Waals surface area contributed by atoms with Gasteiger partial charge in [-0.1, -0.05) is 29.4 Å². The van der Waals surface area contributed by atoms with Crippen molar-refractivity contribution >= 4 is 29.1 Å². The fraction of sp³-hybridized carbons (Fsp3) is 0.0769. The number of carbonyl (C=O) groups excluding carboxylic acids is 1. The lowest BCUT2D eigenvalue weighted by Gasteiger charge is -2.02. The summed E-state index contributed by atoms with van der Waals surface area (Å²) >= 11 is 7.47. The Bertz CT molecular complexity index is 539. The molecule has 0 saturated carbocycles. The first-order chi connectivity index (χ1) is 8.15. The predicted molar refractivity (Wildman–Crippen MR) is 69.8 cm³/mol. The van der Waals surface area contributed by atoms with Crippen molar-refractivity contribution in [2.24, 2.45) is 0 Å². The maximum atomic E-state index is 11.1. The molecule has 0 N–H and O–H groups in total. The molecule has 0 aliphatic rings. The molecule has 2 rings (SSSR count). The minimum Gasteiger partial charge on any atom is -0.293 e. The third-order valence-corrected chi connectivity index (χ3v) is 3.33. The molecule has 17 heavy (non-hydrogen) atoms. The second kappa shape index (κ2) is 5.34. The summed E-state index contributed by atoms with van der Waals surface area (Å²) in [6.45, 7) is 1.51. The fourth-order valence-corrected chi connectivity index (χ4v) is 2.42. The monoisotopic (exact) mass is 263 g/mol. The molecule has 1 heterocycles. The van der Waals surface area contributed by atoms with Crippen LogP contribution in [0.5, 0.6) is 0 Å². The summed E-state index contributed by atoms with van der Waals surface area (Å²) in [4.78, 5) is 17.2. The lowest BCUT2D eigenvalue weighted by molar-refractivity contribution is 0.101. The zero-order valence-corrected chi connectivity index (χ0v) is 10.8. The number of rotatable bonds is 3. The Hall–Kier alpha value is -1.32. The third-order valence-electron chi connectivity index (χ3n) is 2.13. The number of nitrogens with zero attached hydrogens (tertiary/aromatic N) is 1. The average Bonchev–Trinajstić information content (AvgIpc) is 2.29. The molecular formula is C13H10ClNOS. The van der Waals surface area contributed by atoms with Crippen molar-refractivity contribution in [2.75, 3.05) is 0 Å². The Morgan fingerprint density at radius 3 is 2.65 bits per heavy atom. The maximum absolute atomic E-state index is 11.1. The topological polar surface area (TPSA) is 30.0 Å². The van der Waals surface area contributed by atoms with E-state index in [0.29, 0.717) is 10.7 Å². The van der Waals surface area contributed by atoms with Gasteiger partial charge in [-0.25, -0.2) is 0 Å². The highest BCUT2D eigenvalue weighted by atomic mass is 35.5. The van der Waals surface area contributed by atoms with Gasteiger partial charge in [-0.3, -0.25) is 9.78 Å². The van der Waals surface area contributed by atoms with Crippen molar-refractivity contribution in [2.45, 2.75) is 16.7 Å². The van der Waals surface area contributed by atoms with Gasteiger partial charge >= 0.3 is 0 Å². The molecule has 86 valence electrons. The lowest BCUT2D eigenvalue weighted by atomic mass is 10.3. The van der Waals surface area contributed by atoms with E-state index in [1.165, 1.54) is 6.92 Å². The van der Waals surface area contributed by atoms with Gasteiger partial charge in [-0.2, -0.15) is 0 Å². The summed E-state index contributed by atoms with van der Waals surface area (Å²) in [5.41, 5.74) is 0.487. The number of carbonyl (C=O) groups is 1. The number of hydrogen-bond acceptors (Lipinski definition) is 3. The van der Waals surface area contributed by atoms with Crippen molar-refractivity contribution in [3.63, 3.8) is 0 Å². The highest BCUT2D eigenvalue weighted by molar-refractivity contribution is 7.99. The first-order valence-corrected chi connectivity index (χ1v) is 6.25. The van der Waals surface area contributed by atoms with Crippen LogP contribution in [0, 0.1) is 0 Å². The molecule has 0 spiro atoms. The smallest absolute Gasteiger partial charge is 0.178 e. The van der Waals surface area contributed by atoms with E-state index in [9.17, 15) is 4.79 Å². The van der Waals surface area contributed by atoms with Crippen molar-refractivity contribution in [1.29, 1.82) is 0 Å². The van der Waals surface area contributed by atoms with Crippen LogP contribution in [-0.4, -0.2) is 10.8 Å². The summed E-state index contributed by atoms with van der Waals surface area (Å²) in [7, 11) is 0. The Morgan fingerprint density at radius 2 is 2.06 bits per heavy atom. The minimum atomic E-state index is -0.0238. The van der Waals surface area contributed by atoms with Gasteiger partial charge in [0.05, 0.1) is 0 Å². The largest absolute Gasteiger partial charge is 0.293 e. The van der Waals surface area contributed by atoms with Crippen LogP contribution in [0.25, 0.3) is 0 Å². The Kier molecular flexibility index (Phi) is 3.82. The number of benzene rings is 1. The number of aromatic nitrogens is 1. The molecule has 0 radical (unpaired) electrons. The van der Waals surface area contributed by atoms with E-state index >= 15 is 0 Å². The van der Waals surface area contributed by atoms with Gasteiger partial charge < -0.3 is 0 Å². The molecule has 4 heteroatoms. The van der Waals surface area contributed by atoms with Crippen molar-refractivity contribution in [3.8, 4) is 0 Å². The zero-order chi connectivity index (χ0) is 12.3. The molecule has 1 aromatic carbocycles. The van der Waals surface area contributed by atoms with E-state index in [1.807, 2.05) is 30.3 Å². The van der Waals surface area contributed by atoms with Gasteiger partial charge in [-0.05, 0) is 30.3 Å². The SMILES string of the molecule is CC(=O)c1ccc(Sc2cccc(Cl)c2)cn1. The van der Waals surface area contributed by atoms with Gasteiger partial charge in [0.1, 0.15) is 5.69 Å². The van der Waals surface area contributed by atoms with Crippen LogP contribution in [0.1, 0.15) is 17.4 Å². The summed E-state index contributed by atoms with van der Waals surface area (Å²) in [5.74, 6) is -0.0238. The standard InChI is InChI=1S/C13H10ClNOS/c1-9(16)13-6-5-12(8-15-13)17-11-4-2-3-10(14)7-11/h2-8H,1H3. The summed E-state index contributed by atoms with van der Waals surface area (Å²) in [6, 6.07) is 11.2. The van der Waals surface area contributed by atoms with E-state index in [0.717, 1.165) is 9.79 Å². The maximum Gasteiger partial charge on any atom is 0.178 e. The van der Waals surface area contributed by atoms with Crippen LogP contribution in [0.15, 0.2) is 52.4 Å². The first kappa shape index (κ1) is 12.1. The van der Waals surface area contributed by atoms with E-state index in [2.05, 4.69) is 4.98 Å². The molecule has 1 aromatic heterocycles. The second-order valence-electron chi connectivity index (χ2n) is 3.49. The van der Waals surface area contributed by atoms with E-state index in [4.69, 9.17) is 11.6 Å². The molecule has 2 aromatic rings. The van der Waals surface area contributed by atoms with Crippen LogP contribution in [-0.2, 0) is 0 Å². The normalized spacial score (nSPS) is 10.2. The number of Topliss-reactive ketones (excluding diaryl/α,β-unsaturated/α-hetero) is 1. The molecule has 0 saturated heterocycles. The summed E-state index contributed by atoms with van der Waals surface area (Å²) in [5, 5.41) is 0.711. The number of halogens is 1. The fourth-order valence-electron chi connectivity index (χ4n) is 1.32. The number of hydrogen-bond donors (Lipinski definition) is 0. The molecule has 0 fully saturated rings. The first-order valence-electron chi connectivity index (χ1n) is 5.05. The molecule has 0 aliphatic carbocycles. The highest BCUT2D eigenvalue weighted by Gasteiger charge is 2.02. The Labute approximate surface area is 109 Å². The van der Waals surface area contributed by atoms with E-state index in [-0.39, 0.29) is 5.78 Å². The van der Waals surface area contributed by atoms with E-state index < -0.39 is 0 Å². The van der Waals surface area contributed by atoms with Crippen LogP contribution < -0.4 is 0 Å². The zero-order valence-electron chi connectivity index (χ0n) is 9.18. The predicted octanol–water partition coefficient (Wildman–Crippen LogP) is 4.09. The number of ketones is 1. The molecule has 0 atom stereocenters. The Morgan fingerprint density at radius 1 is 1.24 bits per heavy atom. The van der Waals surface area contributed by atoms with Crippen LogP contribution >= 0.6 is 23.4 Å². The van der Waals surface area contributed by atoms with Crippen molar-refractivity contribution in [1.82, 2.24) is 4.98 Å². The molecule has 0 amide bonds. The molecule has 0 bridgehead atoms. The van der Waals surface area contributed by atoms with Gasteiger partial charge in [0.25, 0.3) is 0 Å². The molecule has 0 aliphatic heterocycles. The highest BCUT2D eigenvalue weighted by Crippen LogP contribution is 2.28. The molecule has 0 unspecified atom stereocenters. The summed E-state index contributed by atoms with van der Waals surface area (Å²) in [6.07, 6.45) is 1.70.